The molecule has 12 amide bonds. The number of nitrogens with one attached hydrogen (secondary N) is 5. The smallest absolute Gasteiger partial charge is 0.303 e. The lowest BCUT2D eigenvalue weighted by molar-refractivity contribution is -0.153. The van der Waals surface area contributed by atoms with E-state index in [0.717, 1.165) is 27.7 Å². The maximum Gasteiger partial charge on any atom is 0.303 e. The molecule has 0 bridgehead atoms. The first-order chi connectivity index (χ1) is 39.1. The summed E-state index contributed by atoms with van der Waals surface area (Å²) in [5, 5.41) is 19.5. The molecule has 3 saturated heterocycles. The summed E-state index contributed by atoms with van der Waals surface area (Å²) < 4.78 is 23.3. The second-order valence-electron chi connectivity index (χ2n) is 20.4. The zero-order valence-corrected chi connectivity index (χ0v) is 48.4. The van der Waals surface area contributed by atoms with Gasteiger partial charge >= 0.3 is 11.9 Å². The molecular formula is C56H68FN9O18. The zero-order chi connectivity index (χ0) is 63.9. The molecule has 6 heterocycles. The van der Waals surface area contributed by atoms with Crippen molar-refractivity contribution in [2.75, 3.05) is 31.8 Å². The molecule has 0 spiro atoms. The molecule has 28 heteroatoms. The number of carbonyl (C=O) groups excluding carboxylic acids is 14. The van der Waals surface area contributed by atoms with Gasteiger partial charge in [0.2, 0.25) is 35.4 Å². The van der Waals surface area contributed by atoms with Gasteiger partial charge in [0.15, 0.2) is 0 Å². The number of ether oxygens (including phenoxy) is 2. The fourth-order valence-corrected chi connectivity index (χ4v) is 8.78. The van der Waals surface area contributed by atoms with E-state index in [1.165, 1.54) is 33.0 Å². The number of fused-ring (bicyclic) bond motifs is 3. The van der Waals surface area contributed by atoms with E-state index in [1.54, 1.807) is 50.5 Å². The molecule has 9 rings (SSSR count). The van der Waals surface area contributed by atoms with Crippen molar-refractivity contribution in [3.63, 3.8) is 0 Å². The molecule has 3 atom stereocenters. The molecule has 0 aromatic heterocycles. The van der Waals surface area contributed by atoms with E-state index in [1.807, 2.05) is 41.5 Å². The molecule has 452 valence electrons. The third-order valence-corrected chi connectivity index (χ3v) is 11.8. The van der Waals surface area contributed by atoms with E-state index >= 15 is 0 Å². The highest BCUT2D eigenvalue weighted by molar-refractivity contribution is 6.27. The largest absolute Gasteiger partial charge is 0.481 e. The number of amides is 12. The van der Waals surface area contributed by atoms with Crippen molar-refractivity contribution < 1.29 is 90.9 Å². The van der Waals surface area contributed by atoms with Gasteiger partial charge in [-0.25, -0.2) is 4.39 Å². The Morgan fingerprint density at radius 3 is 0.988 bits per heavy atom. The van der Waals surface area contributed by atoms with Crippen molar-refractivity contribution in [3.05, 3.63) is 93.8 Å². The minimum atomic E-state index is -1.07. The van der Waals surface area contributed by atoms with Crippen LogP contribution in [-0.4, -0.2) is 159 Å². The van der Waals surface area contributed by atoms with Crippen LogP contribution in [0.1, 0.15) is 163 Å². The van der Waals surface area contributed by atoms with Crippen LogP contribution in [-0.2, 0) is 52.6 Å². The SMILES string of the molecule is CC(=O)O.CC(=O)OC(C)(C)C.CC(=O)OC(C)(C)C.CN.CNc1cccc2c1C(=O)N(C1CCC(=O)NC1=O)C2=O.CNc1cccc2c1C(=O)N(C1CCC(=O)NC1=O)C2=O.O=C1CCC(N2C(=O)c3cccc(F)c3C2=O)C(=O)N1. The Hall–Kier alpha value is -9.60. The van der Waals surface area contributed by atoms with Crippen molar-refractivity contribution >= 4 is 100 Å². The van der Waals surface area contributed by atoms with Crippen molar-refractivity contribution in [1.82, 2.24) is 30.7 Å². The van der Waals surface area contributed by atoms with E-state index in [0.29, 0.717) is 11.4 Å². The molecule has 6 aliphatic rings. The standard InChI is InChI=1S/2C14H13N3O4.C13H9FN2O4.2C6H12O2.C2H4O2.CH5N/c2*1-15-8-4-2-3-7-11(8)14(21)17(13(7)20)9-5-6-10(18)16-12(9)19;14-7-3-1-2-6-10(7)13(20)16(12(6)19)8-4-5-9(17)15-11(8)18;2*1-5(7)8-6(2,3)4;1-2(3)4;1-2/h2*2-4,9,15H,5-6H2,1H3,(H,16,18,19);1-3,8H,4-5H2,(H,15,17,18);2*1-4H3;1H3,(H,3,4);2H2,1H3. The number of carboxylic acid groups (broad SMARTS) is 1. The van der Waals surface area contributed by atoms with Gasteiger partial charge in [0, 0.05) is 65.5 Å². The second-order valence-corrected chi connectivity index (χ2v) is 20.4. The molecule has 0 radical (unpaired) electrons. The summed E-state index contributed by atoms with van der Waals surface area (Å²) in [5.41, 5.74) is 5.65. The quantitative estimate of drug-likeness (QED) is 0.143. The maximum atomic E-state index is 13.7. The van der Waals surface area contributed by atoms with Crippen LogP contribution in [0.25, 0.3) is 0 Å². The maximum absolute atomic E-state index is 13.7. The second kappa shape index (κ2) is 29.4. The third-order valence-electron chi connectivity index (χ3n) is 11.8. The summed E-state index contributed by atoms with van der Waals surface area (Å²) in [6, 6.07) is 10.7. The Bertz CT molecular complexity index is 3020. The number of benzene rings is 3. The number of rotatable bonds is 5. The van der Waals surface area contributed by atoms with E-state index in [4.69, 9.17) is 19.4 Å². The Morgan fingerprint density at radius 1 is 0.500 bits per heavy atom. The summed E-state index contributed by atoms with van der Waals surface area (Å²) >= 11 is 0. The molecule has 27 nitrogen and oxygen atoms in total. The van der Waals surface area contributed by atoms with E-state index in [2.05, 4.69) is 32.3 Å². The van der Waals surface area contributed by atoms with Crippen molar-refractivity contribution in [2.24, 2.45) is 5.73 Å². The van der Waals surface area contributed by atoms with Gasteiger partial charge in [0.1, 0.15) is 35.1 Å². The number of hydrogen-bond donors (Lipinski definition) is 7. The number of carboxylic acids is 1. The van der Waals surface area contributed by atoms with Crippen LogP contribution >= 0.6 is 0 Å². The number of nitrogens with zero attached hydrogens (tertiary/aromatic N) is 3. The minimum Gasteiger partial charge on any atom is -0.481 e. The van der Waals surface area contributed by atoms with Gasteiger partial charge in [-0.05, 0) is 104 Å². The number of piperidine rings is 3. The van der Waals surface area contributed by atoms with Crippen molar-refractivity contribution in [3.8, 4) is 0 Å². The van der Waals surface area contributed by atoms with Crippen LogP contribution < -0.4 is 32.3 Å². The van der Waals surface area contributed by atoms with Crippen LogP contribution in [0.3, 0.4) is 0 Å². The Morgan fingerprint density at radius 2 is 0.762 bits per heavy atom. The number of imide groups is 6. The molecule has 3 fully saturated rings. The first-order valence-corrected chi connectivity index (χ1v) is 25.9. The van der Waals surface area contributed by atoms with Crippen LogP contribution in [0.4, 0.5) is 15.8 Å². The molecule has 3 aromatic carbocycles. The predicted octanol–water partition coefficient (Wildman–Crippen LogP) is 2.85. The minimum absolute atomic E-state index is 0.0340. The molecule has 3 aromatic rings. The number of esters is 2. The van der Waals surface area contributed by atoms with Gasteiger partial charge < -0.3 is 30.9 Å². The van der Waals surface area contributed by atoms with Gasteiger partial charge in [-0.3, -0.25) is 103 Å². The third kappa shape index (κ3) is 17.5. The van der Waals surface area contributed by atoms with E-state index in [9.17, 15) is 71.5 Å². The molecule has 3 unspecified atom stereocenters. The number of hydrogen-bond acceptors (Lipinski definition) is 20. The number of nitrogens with two attached hydrogens (primary N) is 1. The number of anilines is 2. The lowest BCUT2D eigenvalue weighted by Crippen LogP contribution is -2.54. The highest BCUT2D eigenvalue weighted by Gasteiger charge is 2.48. The topological polar surface area (TPSA) is 391 Å². The molecule has 8 N–H and O–H groups in total. The van der Waals surface area contributed by atoms with Crippen LogP contribution in [0, 0.1) is 5.82 Å². The molecule has 0 saturated carbocycles. The average Bonchev–Trinajstić information content (AvgIpc) is 3.71. The van der Waals surface area contributed by atoms with Crippen molar-refractivity contribution in [1.29, 1.82) is 0 Å². The van der Waals surface area contributed by atoms with Crippen LogP contribution in [0.2, 0.25) is 0 Å². The van der Waals surface area contributed by atoms with Gasteiger partial charge in [-0.15, -0.1) is 0 Å². The fourth-order valence-electron chi connectivity index (χ4n) is 8.78. The molecule has 6 aliphatic heterocycles. The molecule has 0 aliphatic carbocycles. The van der Waals surface area contributed by atoms with E-state index < -0.39 is 89.0 Å². The predicted molar refractivity (Wildman–Crippen MR) is 295 cm³/mol. The Labute approximate surface area is 481 Å². The Balaban J connectivity index is 0.000000281. The van der Waals surface area contributed by atoms with Gasteiger partial charge in [0.05, 0.1) is 33.4 Å². The zero-order valence-electron chi connectivity index (χ0n) is 48.4. The lowest BCUT2D eigenvalue weighted by atomic mass is 10.0. The first kappa shape index (κ1) is 68.7. The highest BCUT2D eigenvalue weighted by atomic mass is 19.1. The monoisotopic (exact) mass is 1170 g/mol. The summed E-state index contributed by atoms with van der Waals surface area (Å²) in [5.74, 6) is -8.77. The van der Waals surface area contributed by atoms with Crippen LogP contribution in [0.15, 0.2) is 54.6 Å². The summed E-state index contributed by atoms with van der Waals surface area (Å²) in [6.07, 6.45) is 0.630. The number of carbonyl (C=O) groups is 15. The first-order valence-electron chi connectivity index (χ1n) is 25.9. The average molecular weight is 1170 g/mol. The number of halogens is 1. The van der Waals surface area contributed by atoms with Gasteiger partial charge in [-0.1, -0.05) is 18.2 Å². The molecular weight excluding hydrogens is 1110 g/mol. The molecule has 84 heavy (non-hydrogen) atoms. The van der Waals surface area contributed by atoms with Gasteiger partial charge in [0.25, 0.3) is 41.4 Å². The fraction of sp³-hybridized carbons (Fsp3) is 0.411. The normalized spacial score (nSPS) is 18.4. The van der Waals surface area contributed by atoms with Gasteiger partial charge in [-0.2, -0.15) is 0 Å². The Kier molecular flexibility index (Phi) is 24.0. The van der Waals surface area contributed by atoms with Crippen LogP contribution in [0.5, 0.6) is 0 Å². The summed E-state index contributed by atoms with van der Waals surface area (Å²) in [4.78, 5) is 175. The summed E-state index contributed by atoms with van der Waals surface area (Å²) in [7, 11) is 4.81. The number of aliphatic carboxylic acids is 1. The summed E-state index contributed by atoms with van der Waals surface area (Å²) in [6.45, 7) is 14.9. The van der Waals surface area contributed by atoms with E-state index in [-0.39, 0.29) is 107 Å². The van der Waals surface area contributed by atoms with Crippen molar-refractivity contribution in [2.45, 2.75) is 130 Å². The lowest BCUT2D eigenvalue weighted by Gasteiger charge is -2.27. The highest BCUT2D eigenvalue weighted by Crippen LogP contribution is 2.34.